The summed E-state index contributed by atoms with van der Waals surface area (Å²) >= 11 is 0. The molecule has 2 aliphatic heterocycles. The molecule has 0 aromatic heterocycles. The average molecular weight is 314 g/mol. The third-order valence-electron chi connectivity index (χ3n) is 4.95. The smallest absolute Gasteiger partial charge is 0.242 e. The predicted molar refractivity (Wildman–Crippen MR) is 89.9 cm³/mol. The highest BCUT2D eigenvalue weighted by molar-refractivity contribution is 5.86. The monoisotopic (exact) mass is 314 g/mol. The van der Waals surface area contributed by atoms with Crippen molar-refractivity contribution in [3.8, 4) is 0 Å². The number of likely N-dealkylation sites (tertiary alicyclic amines) is 2. The number of rotatable bonds is 4. The highest BCUT2D eigenvalue weighted by atomic mass is 16.2. The Hall–Kier alpha value is -1.84. The van der Waals surface area contributed by atoms with Crippen molar-refractivity contribution in [1.29, 1.82) is 0 Å². The van der Waals surface area contributed by atoms with Crippen molar-refractivity contribution in [2.24, 2.45) is 5.92 Å². The molecule has 2 amide bonds. The second-order valence-corrected chi connectivity index (χ2v) is 6.83. The van der Waals surface area contributed by atoms with Crippen LogP contribution < -0.4 is 0 Å². The lowest BCUT2D eigenvalue weighted by molar-refractivity contribution is -0.138. The van der Waals surface area contributed by atoms with Gasteiger partial charge in [-0.1, -0.05) is 43.2 Å². The molecule has 4 heteroatoms. The van der Waals surface area contributed by atoms with Crippen LogP contribution in [0.4, 0.5) is 0 Å². The van der Waals surface area contributed by atoms with Crippen molar-refractivity contribution >= 4 is 11.8 Å². The lowest BCUT2D eigenvalue weighted by Gasteiger charge is -2.24. The van der Waals surface area contributed by atoms with Crippen LogP contribution in [0.1, 0.15) is 37.7 Å². The molecule has 1 aromatic carbocycles. The van der Waals surface area contributed by atoms with Gasteiger partial charge in [-0.05, 0) is 30.7 Å². The van der Waals surface area contributed by atoms with Crippen LogP contribution in [0.15, 0.2) is 30.3 Å². The van der Waals surface area contributed by atoms with E-state index >= 15 is 0 Å². The minimum Gasteiger partial charge on any atom is -0.341 e. The first-order valence-corrected chi connectivity index (χ1v) is 8.82. The van der Waals surface area contributed by atoms with Crippen LogP contribution >= 0.6 is 0 Å². The summed E-state index contributed by atoms with van der Waals surface area (Å²) in [6, 6.07) is 10.3. The molecule has 1 unspecified atom stereocenters. The topological polar surface area (TPSA) is 40.6 Å². The molecule has 0 N–H and O–H groups in total. The van der Waals surface area contributed by atoms with Gasteiger partial charge in [-0.3, -0.25) is 9.59 Å². The Morgan fingerprint density at radius 3 is 2.43 bits per heavy atom. The molecule has 23 heavy (non-hydrogen) atoms. The summed E-state index contributed by atoms with van der Waals surface area (Å²) in [5.74, 6) is 0.594. The molecular formula is C19H26N2O2. The van der Waals surface area contributed by atoms with E-state index < -0.39 is 0 Å². The molecule has 1 atom stereocenters. The molecule has 0 radical (unpaired) electrons. The molecule has 2 heterocycles. The van der Waals surface area contributed by atoms with E-state index in [1.807, 2.05) is 23.1 Å². The third-order valence-corrected chi connectivity index (χ3v) is 4.95. The number of carbonyl (C=O) groups excluding carboxylic acids is 2. The molecule has 124 valence electrons. The fraction of sp³-hybridized carbons (Fsp3) is 0.579. The maximum Gasteiger partial charge on any atom is 0.242 e. The molecule has 3 rings (SSSR count). The molecule has 0 spiro atoms. The first-order chi connectivity index (χ1) is 11.2. The van der Waals surface area contributed by atoms with E-state index in [-0.39, 0.29) is 18.4 Å². The van der Waals surface area contributed by atoms with E-state index in [4.69, 9.17) is 0 Å². The fourth-order valence-corrected chi connectivity index (χ4v) is 3.67. The quantitative estimate of drug-likeness (QED) is 0.856. The minimum absolute atomic E-state index is 0.126. The van der Waals surface area contributed by atoms with Crippen molar-refractivity contribution < 1.29 is 9.59 Å². The molecule has 0 aliphatic carbocycles. The van der Waals surface area contributed by atoms with Gasteiger partial charge >= 0.3 is 0 Å². The summed E-state index contributed by atoms with van der Waals surface area (Å²) in [5.41, 5.74) is 1.27. The van der Waals surface area contributed by atoms with Gasteiger partial charge in [0.05, 0.1) is 6.54 Å². The zero-order chi connectivity index (χ0) is 16.1. The maximum atomic E-state index is 12.4. The summed E-state index contributed by atoms with van der Waals surface area (Å²) in [7, 11) is 0. The highest BCUT2D eigenvalue weighted by Crippen LogP contribution is 2.22. The summed E-state index contributed by atoms with van der Waals surface area (Å²) in [5, 5.41) is 0. The van der Waals surface area contributed by atoms with Crippen LogP contribution in [-0.2, 0) is 16.0 Å². The number of nitrogens with zero attached hydrogens (tertiary/aromatic N) is 2. The van der Waals surface area contributed by atoms with Crippen molar-refractivity contribution in [2.75, 3.05) is 26.2 Å². The van der Waals surface area contributed by atoms with Gasteiger partial charge in [0.1, 0.15) is 0 Å². The van der Waals surface area contributed by atoms with E-state index in [0.29, 0.717) is 18.9 Å². The fourth-order valence-electron chi connectivity index (χ4n) is 3.67. The molecule has 0 saturated carbocycles. The molecule has 4 nitrogen and oxygen atoms in total. The maximum absolute atomic E-state index is 12.4. The summed E-state index contributed by atoms with van der Waals surface area (Å²) in [6.45, 7) is 2.69. The molecule has 2 aliphatic rings. The third kappa shape index (κ3) is 4.34. The first-order valence-electron chi connectivity index (χ1n) is 8.82. The Balaban J connectivity index is 1.52. The Morgan fingerprint density at radius 2 is 1.74 bits per heavy atom. The Labute approximate surface area is 138 Å². The Kier molecular flexibility index (Phi) is 5.31. The number of carbonyl (C=O) groups is 2. The van der Waals surface area contributed by atoms with E-state index in [2.05, 4.69) is 12.1 Å². The van der Waals surface area contributed by atoms with Gasteiger partial charge < -0.3 is 9.80 Å². The van der Waals surface area contributed by atoms with Crippen LogP contribution in [0.2, 0.25) is 0 Å². The Bertz CT molecular complexity index is 536. The normalized spacial score (nSPS) is 22.3. The largest absolute Gasteiger partial charge is 0.341 e. The van der Waals surface area contributed by atoms with Crippen molar-refractivity contribution in [2.45, 2.75) is 38.5 Å². The zero-order valence-electron chi connectivity index (χ0n) is 13.7. The van der Waals surface area contributed by atoms with Gasteiger partial charge in [-0.15, -0.1) is 0 Å². The molecule has 1 aromatic rings. The lowest BCUT2D eigenvalue weighted by Crippen LogP contribution is -2.41. The van der Waals surface area contributed by atoms with Gasteiger partial charge in [-0.2, -0.15) is 0 Å². The number of hydrogen-bond acceptors (Lipinski definition) is 2. The molecule has 2 saturated heterocycles. The van der Waals surface area contributed by atoms with Crippen LogP contribution in [0.3, 0.4) is 0 Å². The standard InChI is InChI=1S/C19H26N2O2/c22-18-13-17(12-16-8-4-3-5-9-16)14-21(18)15-19(23)20-10-6-1-2-7-11-20/h3-5,8-9,17H,1-2,6-7,10-15H2. The number of amides is 2. The van der Waals surface area contributed by atoms with Gasteiger partial charge in [-0.25, -0.2) is 0 Å². The van der Waals surface area contributed by atoms with Crippen molar-refractivity contribution in [3.05, 3.63) is 35.9 Å². The first kappa shape index (κ1) is 16.0. The van der Waals surface area contributed by atoms with Crippen LogP contribution in [0.5, 0.6) is 0 Å². The van der Waals surface area contributed by atoms with Crippen LogP contribution in [0.25, 0.3) is 0 Å². The van der Waals surface area contributed by atoms with Crippen LogP contribution in [-0.4, -0.2) is 47.8 Å². The zero-order valence-corrected chi connectivity index (χ0v) is 13.7. The lowest BCUT2D eigenvalue weighted by atomic mass is 9.99. The summed E-state index contributed by atoms with van der Waals surface area (Å²) in [4.78, 5) is 28.4. The van der Waals surface area contributed by atoms with Crippen LogP contribution in [0, 0.1) is 5.92 Å². The summed E-state index contributed by atoms with van der Waals surface area (Å²) in [6.07, 6.45) is 6.10. The van der Waals surface area contributed by atoms with E-state index in [1.165, 1.54) is 18.4 Å². The van der Waals surface area contributed by atoms with Crippen molar-refractivity contribution in [1.82, 2.24) is 9.80 Å². The minimum atomic E-state index is 0.126. The highest BCUT2D eigenvalue weighted by Gasteiger charge is 2.31. The van der Waals surface area contributed by atoms with Gasteiger partial charge in [0.25, 0.3) is 0 Å². The van der Waals surface area contributed by atoms with E-state index in [1.54, 1.807) is 4.90 Å². The second-order valence-electron chi connectivity index (χ2n) is 6.83. The molecular weight excluding hydrogens is 288 g/mol. The van der Waals surface area contributed by atoms with Gasteiger partial charge in [0.2, 0.25) is 11.8 Å². The Morgan fingerprint density at radius 1 is 1.04 bits per heavy atom. The predicted octanol–water partition coefficient (Wildman–Crippen LogP) is 2.48. The van der Waals surface area contributed by atoms with Gasteiger partial charge in [0.15, 0.2) is 0 Å². The summed E-state index contributed by atoms with van der Waals surface area (Å²) < 4.78 is 0. The SMILES string of the molecule is O=C(CN1CC(Cc2ccccc2)CC1=O)N1CCCCCC1. The van der Waals surface area contributed by atoms with Crippen molar-refractivity contribution in [3.63, 3.8) is 0 Å². The second kappa shape index (κ2) is 7.62. The number of hydrogen-bond donors (Lipinski definition) is 0. The molecule has 0 bridgehead atoms. The molecule has 2 fully saturated rings. The number of benzene rings is 1. The van der Waals surface area contributed by atoms with E-state index in [0.717, 1.165) is 32.4 Å². The average Bonchev–Trinajstić information content (AvgIpc) is 2.77. The van der Waals surface area contributed by atoms with Gasteiger partial charge in [0, 0.05) is 26.1 Å². The van der Waals surface area contributed by atoms with E-state index in [9.17, 15) is 9.59 Å².